The van der Waals surface area contributed by atoms with Gasteiger partial charge in [0.25, 0.3) is 0 Å². The molecule has 0 spiro atoms. The number of hydrogen-bond acceptors (Lipinski definition) is 1. The molecule has 1 aromatic carbocycles. The van der Waals surface area contributed by atoms with Crippen molar-refractivity contribution in [3.8, 4) is 0 Å². The molecule has 0 saturated carbocycles. The molecule has 0 aliphatic rings. The van der Waals surface area contributed by atoms with Gasteiger partial charge in [0.1, 0.15) is 5.78 Å². The number of carbonyl (C=O) groups excluding carboxylic acids is 1. The van der Waals surface area contributed by atoms with E-state index in [2.05, 4.69) is 39.8 Å². The van der Waals surface area contributed by atoms with E-state index in [1.165, 1.54) is 16.7 Å². The van der Waals surface area contributed by atoms with Gasteiger partial charge in [-0.15, -0.1) is 0 Å². The van der Waals surface area contributed by atoms with Crippen LogP contribution in [0.25, 0.3) is 0 Å². The van der Waals surface area contributed by atoms with E-state index in [9.17, 15) is 4.79 Å². The molecule has 0 amide bonds. The van der Waals surface area contributed by atoms with E-state index in [4.69, 9.17) is 0 Å². The molecule has 1 rings (SSSR count). The molecule has 0 fully saturated rings. The molecule has 1 aromatic rings. The number of ketones is 1. The molecule has 0 N–H and O–H groups in total. The third-order valence-corrected chi connectivity index (χ3v) is 3.29. The Hall–Kier alpha value is -1.11. The standard InChI is InChI=1S/C15H22O/c1-5-11(2)9-14(16)10-15-12(3)7-6-8-13(15)4/h6-8,11H,5,9-10H2,1-4H3. The van der Waals surface area contributed by atoms with Crippen LogP contribution in [-0.4, -0.2) is 5.78 Å². The van der Waals surface area contributed by atoms with Crippen LogP contribution < -0.4 is 0 Å². The first-order valence-corrected chi connectivity index (χ1v) is 6.11. The topological polar surface area (TPSA) is 17.1 Å². The van der Waals surface area contributed by atoms with Crippen LogP contribution in [-0.2, 0) is 11.2 Å². The van der Waals surface area contributed by atoms with Crippen molar-refractivity contribution in [3.63, 3.8) is 0 Å². The minimum absolute atomic E-state index is 0.367. The van der Waals surface area contributed by atoms with Crippen molar-refractivity contribution < 1.29 is 4.79 Å². The van der Waals surface area contributed by atoms with Crippen molar-refractivity contribution in [1.82, 2.24) is 0 Å². The summed E-state index contributed by atoms with van der Waals surface area (Å²) in [4.78, 5) is 11.9. The van der Waals surface area contributed by atoms with Crippen LogP contribution in [0.2, 0.25) is 0 Å². The SMILES string of the molecule is CCC(C)CC(=O)Cc1c(C)cccc1C. The minimum Gasteiger partial charge on any atom is -0.299 e. The maximum absolute atomic E-state index is 11.9. The summed E-state index contributed by atoms with van der Waals surface area (Å²) >= 11 is 0. The van der Waals surface area contributed by atoms with Crippen molar-refractivity contribution in [2.75, 3.05) is 0 Å². The van der Waals surface area contributed by atoms with E-state index < -0.39 is 0 Å². The van der Waals surface area contributed by atoms with Gasteiger partial charge in [-0.25, -0.2) is 0 Å². The monoisotopic (exact) mass is 218 g/mol. The molecule has 1 nitrogen and oxygen atoms in total. The fourth-order valence-corrected chi connectivity index (χ4v) is 1.93. The zero-order valence-corrected chi connectivity index (χ0v) is 10.8. The number of Topliss-reactive ketones (excluding diaryl/α,β-unsaturated/α-hetero) is 1. The normalized spacial score (nSPS) is 12.5. The zero-order chi connectivity index (χ0) is 12.1. The molecule has 0 aliphatic heterocycles. The Bertz CT molecular complexity index is 345. The van der Waals surface area contributed by atoms with Crippen molar-refractivity contribution in [1.29, 1.82) is 0 Å². The fourth-order valence-electron chi connectivity index (χ4n) is 1.93. The van der Waals surface area contributed by atoms with Crippen LogP contribution >= 0.6 is 0 Å². The van der Waals surface area contributed by atoms with E-state index >= 15 is 0 Å². The molecule has 88 valence electrons. The van der Waals surface area contributed by atoms with Crippen molar-refractivity contribution in [2.45, 2.75) is 47.0 Å². The highest BCUT2D eigenvalue weighted by molar-refractivity contribution is 5.81. The van der Waals surface area contributed by atoms with E-state index in [0.717, 1.165) is 6.42 Å². The highest BCUT2D eigenvalue weighted by Gasteiger charge is 2.11. The molecule has 0 aliphatic carbocycles. The Balaban J connectivity index is 2.70. The largest absolute Gasteiger partial charge is 0.299 e. The van der Waals surface area contributed by atoms with Gasteiger partial charge in [-0.3, -0.25) is 4.79 Å². The van der Waals surface area contributed by atoms with Gasteiger partial charge in [0.15, 0.2) is 0 Å². The zero-order valence-electron chi connectivity index (χ0n) is 10.8. The Kier molecular flexibility index (Phi) is 4.72. The average molecular weight is 218 g/mol. The van der Waals surface area contributed by atoms with Gasteiger partial charge in [0.05, 0.1) is 0 Å². The molecule has 1 atom stereocenters. The predicted octanol–water partition coefficient (Wildman–Crippen LogP) is 3.85. The summed E-state index contributed by atoms with van der Waals surface area (Å²) < 4.78 is 0. The van der Waals surface area contributed by atoms with Gasteiger partial charge in [-0.1, -0.05) is 38.5 Å². The molecule has 0 saturated heterocycles. The minimum atomic E-state index is 0.367. The second kappa shape index (κ2) is 5.83. The van der Waals surface area contributed by atoms with Crippen LogP contribution in [0.3, 0.4) is 0 Å². The summed E-state index contributed by atoms with van der Waals surface area (Å²) in [6.45, 7) is 8.44. The van der Waals surface area contributed by atoms with E-state index in [1.54, 1.807) is 0 Å². The Labute approximate surface area is 98.9 Å². The Morgan fingerprint density at radius 2 is 1.81 bits per heavy atom. The summed E-state index contributed by atoms with van der Waals surface area (Å²) in [6, 6.07) is 6.21. The van der Waals surface area contributed by atoms with Crippen molar-refractivity contribution in [3.05, 3.63) is 34.9 Å². The lowest BCUT2D eigenvalue weighted by Crippen LogP contribution is -2.09. The predicted molar refractivity (Wildman–Crippen MR) is 68.7 cm³/mol. The van der Waals surface area contributed by atoms with E-state index in [1.807, 2.05) is 6.07 Å². The summed E-state index contributed by atoms with van der Waals surface area (Å²) in [5.41, 5.74) is 3.69. The van der Waals surface area contributed by atoms with Crippen LogP contribution in [0.5, 0.6) is 0 Å². The molecular weight excluding hydrogens is 196 g/mol. The van der Waals surface area contributed by atoms with Gasteiger partial charge in [-0.2, -0.15) is 0 Å². The molecule has 16 heavy (non-hydrogen) atoms. The van der Waals surface area contributed by atoms with Gasteiger partial charge in [0, 0.05) is 12.8 Å². The second-order valence-electron chi connectivity index (χ2n) is 4.80. The maximum atomic E-state index is 11.9. The summed E-state index contributed by atoms with van der Waals surface area (Å²) in [6.07, 6.45) is 2.39. The van der Waals surface area contributed by atoms with Crippen LogP contribution in [0.1, 0.15) is 43.4 Å². The third kappa shape index (κ3) is 3.48. The van der Waals surface area contributed by atoms with Gasteiger partial charge in [-0.05, 0) is 36.5 Å². The maximum Gasteiger partial charge on any atom is 0.137 e. The van der Waals surface area contributed by atoms with Crippen LogP contribution in [0.4, 0.5) is 0 Å². The molecule has 0 aromatic heterocycles. The average Bonchev–Trinajstić information content (AvgIpc) is 2.23. The molecular formula is C15H22O. The number of aryl methyl sites for hydroxylation is 2. The smallest absolute Gasteiger partial charge is 0.137 e. The number of hydrogen-bond donors (Lipinski definition) is 0. The van der Waals surface area contributed by atoms with Gasteiger partial charge < -0.3 is 0 Å². The van der Waals surface area contributed by atoms with Crippen molar-refractivity contribution >= 4 is 5.78 Å². The fraction of sp³-hybridized carbons (Fsp3) is 0.533. The summed E-state index contributed by atoms with van der Waals surface area (Å²) in [7, 11) is 0. The van der Waals surface area contributed by atoms with E-state index in [-0.39, 0.29) is 0 Å². The number of carbonyl (C=O) groups is 1. The lowest BCUT2D eigenvalue weighted by Gasteiger charge is -2.11. The molecule has 1 heteroatoms. The summed E-state index contributed by atoms with van der Waals surface area (Å²) in [5.74, 6) is 0.878. The first-order valence-electron chi connectivity index (χ1n) is 6.11. The Morgan fingerprint density at radius 1 is 1.25 bits per heavy atom. The molecule has 0 bridgehead atoms. The number of benzene rings is 1. The van der Waals surface area contributed by atoms with Gasteiger partial charge >= 0.3 is 0 Å². The second-order valence-corrected chi connectivity index (χ2v) is 4.80. The molecule has 0 heterocycles. The quantitative estimate of drug-likeness (QED) is 0.733. The first kappa shape index (κ1) is 13.0. The third-order valence-electron chi connectivity index (χ3n) is 3.29. The molecule has 1 unspecified atom stereocenters. The first-order chi connectivity index (χ1) is 7.54. The van der Waals surface area contributed by atoms with Crippen LogP contribution in [0, 0.1) is 19.8 Å². The summed E-state index contributed by atoms with van der Waals surface area (Å²) in [5, 5.41) is 0. The lowest BCUT2D eigenvalue weighted by atomic mass is 9.94. The van der Waals surface area contributed by atoms with E-state index in [0.29, 0.717) is 24.5 Å². The van der Waals surface area contributed by atoms with Crippen molar-refractivity contribution in [2.24, 2.45) is 5.92 Å². The lowest BCUT2D eigenvalue weighted by molar-refractivity contribution is -0.119. The highest BCUT2D eigenvalue weighted by atomic mass is 16.1. The Morgan fingerprint density at radius 3 is 2.31 bits per heavy atom. The highest BCUT2D eigenvalue weighted by Crippen LogP contribution is 2.16. The van der Waals surface area contributed by atoms with Crippen LogP contribution in [0.15, 0.2) is 18.2 Å². The molecule has 0 radical (unpaired) electrons. The van der Waals surface area contributed by atoms with Gasteiger partial charge in [0.2, 0.25) is 0 Å². The number of rotatable bonds is 5.